The highest BCUT2D eigenvalue weighted by molar-refractivity contribution is 7.18. The van der Waals surface area contributed by atoms with Crippen LogP contribution in [0.1, 0.15) is 48.1 Å². The molecule has 0 spiro atoms. The molecule has 0 saturated heterocycles. The number of thiophene rings is 1. The quantitative estimate of drug-likeness (QED) is 0.722. The van der Waals surface area contributed by atoms with Gasteiger partial charge in [-0.2, -0.15) is 0 Å². The van der Waals surface area contributed by atoms with Crippen LogP contribution in [0.15, 0.2) is 29.1 Å². The molecular weight excluding hydrogens is 361 g/mol. The summed E-state index contributed by atoms with van der Waals surface area (Å²) in [5, 5.41) is 0.783. The monoisotopic (exact) mass is 385 g/mol. The van der Waals surface area contributed by atoms with Gasteiger partial charge in [-0.3, -0.25) is 9.69 Å². The number of aromatic nitrogens is 2. The van der Waals surface area contributed by atoms with Gasteiger partial charge < -0.3 is 4.98 Å². The molecule has 0 unspecified atom stereocenters. The van der Waals surface area contributed by atoms with Gasteiger partial charge in [0.2, 0.25) is 0 Å². The highest BCUT2D eigenvalue weighted by Gasteiger charge is 2.24. The summed E-state index contributed by atoms with van der Waals surface area (Å²) in [5.41, 5.74) is 2.07. The van der Waals surface area contributed by atoms with Crippen LogP contribution >= 0.6 is 11.3 Å². The van der Waals surface area contributed by atoms with Gasteiger partial charge in [-0.05, 0) is 62.4 Å². The minimum atomic E-state index is -0.236. The first-order valence-electron chi connectivity index (χ1n) is 9.41. The summed E-state index contributed by atoms with van der Waals surface area (Å²) in [6.45, 7) is 4.86. The molecule has 142 valence electrons. The molecule has 0 fully saturated rings. The van der Waals surface area contributed by atoms with Gasteiger partial charge in [0.05, 0.1) is 11.4 Å². The van der Waals surface area contributed by atoms with Crippen LogP contribution in [-0.2, 0) is 19.4 Å². The van der Waals surface area contributed by atoms with E-state index in [9.17, 15) is 9.18 Å². The Morgan fingerprint density at radius 2 is 2.26 bits per heavy atom. The van der Waals surface area contributed by atoms with E-state index in [-0.39, 0.29) is 17.4 Å². The molecule has 6 heteroatoms. The van der Waals surface area contributed by atoms with Gasteiger partial charge in [-0.1, -0.05) is 19.1 Å². The van der Waals surface area contributed by atoms with E-state index in [4.69, 9.17) is 4.98 Å². The number of rotatable bonds is 4. The molecule has 0 amide bonds. The third kappa shape index (κ3) is 3.56. The number of aryl methyl sites for hydroxylation is 1. The van der Waals surface area contributed by atoms with Crippen molar-refractivity contribution >= 4 is 21.6 Å². The van der Waals surface area contributed by atoms with Crippen LogP contribution in [0.4, 0.5) is 4.39 Å². The van der Waals surface area contributed by atoms with Crippen molar-refractivity contribution < 1.29 is 4.39 Å². The maximum absolute atomic E-state index is 13.4. The minimum absolute atomic E-state index is 0.0342. The maximum Gasteiger partial charge on any atom is 0.259 e. The second-order valence-electron chi connectivity index (χ2n) is 7.70. The summed E-state index contributed by atoms with van der Waals surface area (Å²) in [6, 6.07) is 6.52. The first kappa shape index (κ1) is 18.3. The van der Waals surface area contributed by atoms with E-state index in [1.807, 2.05) is 20.0 Å². The molecule has 3 aromatic rings. The number of aromatic amines is 1. The zero-order valence-corrected chi connectivity index (χ0v) is 16.7. The Labute approximate surface area is 162 Å². The molecule has 0 saturated carbocycles. The zero-order valence-electron chi connectivity index (χ0n) is 15.9. The van der Waals surface area contributed by atoms with Crippen molar-refractivity contribution in [2.45, 2.75) is 45.7 Å². The summed E-state index contributed by atoms with van der Waals surface area (Å²) in [5.74, 6) is 1.10. The van der Waals surface area contributed by atoms with Gasteiger partial charge in [-0.15, -0.1) is 11.3 Å². The van der Waals surface area contributed by atoms with E-state index in [1.54, 1.807) is 17.4 Å². The van der Waals surface area contributed by atoms with Crippen LogP contribution in [0, 0.1) is 11.7 Å². The number of hydrogen-bond acceptors (Lipinski definition) is 4. The number of nitrogens with zero attached hydrogens (tertiary/aromatic N) is 2. The van der Waals surface area contributed by atoms with Crippen LogP contribution in [0.3, 0.4) is 0 Å². The zero-order chi connectivity index (χ0) is 19.1. The number of benzene rings is 1. The lowest BCUT2D eigenvalue weighted by molar-refractivity contribution is 0.243. The summed E-state index contributed by atoms with van der Waals surface area (Å²) >= 11 is 1.67. The summed E-state index contributed by atoms with van der Waals surface area (Å²) < 4.78 is 13.4. The van der Waals surface area contributed by atoms with Crippen molar-refractivity contribution in [3.63, 3.8) is 0 Å². The van der Waals surface area contributed by atoms with Gasteiger partial charge in [0.25, 0.3) is 5.56 Å². The Balaban J connectivity index is 1.64. The molecule has 2 atom stereocenters. The van der Waals surface area contributed by atoms with Gasteiger partial charge in [0, 0.05) is 11.4 Å². The molecule has 1 N–H and O–H groups in total. The molecule has 4 nitrogen and oxygen atoms in total. The molecule has 2 heterocycles. The highest BCUT2D eigenvalue weighted by atomic mass is 32.1. The Morgan fingerprint density at radius 1 is 1.44 bits per heavy atom. The fourth-order valence-electron chi connectivity index (χ4n) is 3.83. The Morgan fingerprint density at radius 3 is 3.04 bits per heavy atom. The lowest BCUT2D eigenvalue weighted by Crippen LogP contribution is -2.26. The third-order valence-corrected chi connectivity index (χ3v) is 6.71. The molecule has 27 heavy (non-hydrogen) atoms. The second-order valence-corrected chi connectivity index (χ2v) is 8.79. The SMILES string of the molecule is C[C@H]1CCc2c(sc3nc([C@@H](C)N(C)Cc4cccc(F)c4)[nH]c(=O)c23)C1. The average Bonchev–Trinajstić information content (AvgIpc) is 2.98. The summed E-state index contributed by atoms with van der Waals surface area (Å²) in [7, 11) is 1.96. The highest BCUT2D eigenvalue weighted by Crippen LogP contribution is 2.36. The molecule has 1 aliphatic rings. The van der Waals surface area contributed by atoms with Crippen molar-refractivity contribution in [2.75, 3.05) is 7.05 Å². The molecule has 0 aliphatic heterocycles. The van der Waals surface area contributed by atoms with Crippen LogP contribution in [0.25, 0.3) is 10.2 Å². The van der Waals surface area contributed by atoms with Crippen molar-refractivity contribution in [2.24, 2.45) is 5.92 Å². The summed E-state index contributed by atoms with van der Waals surface area (Å²) in [6.07, 6.45) is 3.14. The second kappa shape index (κ2) is 7.17. The predicted molar refractivity (Wildman–Crippen MR) is 108 cm³/mol. The van der Waals surface area contributed by atoms with Crippen LogP contribution < -0.4 is 5.56 Å². The van der Waals surface area contributed by atoms with E-state index in [2.05, 4.69) is 16.8 Å². The fourth-order valence-corrected chi connectivity index (χ4v) is 5.22. The lowest BCUT2D eigenvalue weighted by Gasteiger charge is -2.24. The van der Waals surface area contributed by atoms with E-state index >= 15 is 0 Å². The Kier molecular flexibility index (Phi) is 4.86. The van der Waals surface area contributed by atoms with E-state index < -0.39 is 0 Å². The van der Waals surface area contributed by atoms with E-state index in [0.29, 0.717) is 18.3 Å². The molecule has 2 aromatic heterocycles. The Hall–Kier alpha value is -2.05. The van der Waals surface area contributed by atoms with Gasteiger partial charge in [0.1, 0.15) is 16.5 Å². The number of halogens is 1. The van der Waals surface area contributed by atoms with Gasteiger partial charge in [-0.25, -0.2) is 9.37 Å². The number of fused-ring (bicyclic) bond motifs is 3. The first-order chi connectivity index (χ1) is 12.9. The molecule has 0 radical (unpaired) electrons. The molecular formula is C21H24FN3OS. The van der Waals surface area contributed by atoms with E-state index in [0.717, 1.165) is 35.0 Å². The number of nitrogens with one attached hydrogen (secondary N) is 1. The van der Waals surface area contributed by atoms with E-state index in [1.165, 1.54) is 22.6 Å². The van der Waals surface area contributed by atoms with Gasteiger partial charge >= 0.3 is 0 Å². The van der Waals surface area contributed by atoms with Crippen molar-refractivity contribution in [3.8, 4) is 0 Å². The topological polar surface area (TPSA) is 49.0 Å². The average molecular weight is 386 g/mol. The van der Waals surface area contributed by atoms with Crippen molar-refractivity contribution in [1.82, 2.24) is 14.9 Å². The maximum atomic E-state index is 13.4. The summed E-state index contributed by atoms with van der Waals surface area (Å²) in [4.78, 5) is 24.8. The van der Waals surface area contributed by atoms with Crippen LogP contribution in [0.5, 0.6) is 0 Å². The molecule has 1 aliphatic carbocycles. The number of H-pyrrole nitrogens is 1. The van der Waals surface area contributed by atoms with Gasteiger partial charge in [0.15, 0.2) is 0 Å². The normalized spacial score (nSPS) is 18.0. The largest absolute Gasteiger partial charge is 0.309 e. The van der Waals surface area contributed by atoms with Crippen molar-refractivity contribution in [3.05, 3.63) is 62.3 Å². The minimum Gasteiger partial charge on any atom is -0.309 e. The third-order valence-electron chi connectivity index (χ3n) is 5.56. The molecule has 0 bridgehead atoms. The number of hydrogen-bond donors (Lipinski definition) is 1. The molecule has 1 aromatic carbocycles. The fraction of sp³-hybridized carbons (Fsp3) is 0.429. The standard InChI is InChI=1S/C21H24FN3OS/c1-12-7-8-16-17(9-12)27-21-18(16)20(26)23-19(24-21)13(2)25(3)11-14-5-4-6-15(22)10-14/h4-6,10,12-13H,7-9,11H2,1-3H3,(H,23,24,26)/t12-,13+/m0/s1. The Bertz CT molecular complexity index is 1040. The van der Waals surface area contributed by atoms with Crippen LogP contribution in [-0.4, -0.2) is 21.9 Å². The smallest absolute Gasteiger partial charge is 0.259 e. The van der Waals surface area contributed by atoms with Crippen molar-refractivity contribution in [1.29, 1.82) is 0 Å². The predicted octanol–water partition coefficient (Wildman–Crippen LogP) is 4.44. The van der Waals surface area contributed by atoms with Crippen LogP contribution in [0.2, 0.25) is 0 Å². The molecule has 4 rings (SSSR count). The first-order valence-corrected chi connectivity index (χ1v) is 10.2. The lowest BCUT2D eigenvalue weighted by atomic mass is 9.89.